The van der Waals surface area contributed by atoms with Crippen LogP contribution in [0, 0.1) is 0 Å². The predicted octanol–water partition coefficient (Wildman–Crippen LogP) is -2.35. The normalized spacial score (nSPS) is 7.91. The molecule has 0 heterocycles. The molecule has 0 rings (SSSR count). The average molecular weight is 166 g/mol. The molecule has 7 nitrogen and oxygen atoms in total. The van der Waals surface area contributed by atoms with Gasteiger partial charge in [-0.2, -0.15) is 0 Å². The summed E-state index contributed by atoms with van der Waals surface area (Å²) in [6.45, 7) is 0. The van der Waals surface area contributed by atoms with Crippen LogP contribution in [0.15, 0.2) is 0 Å². The van der Waals surface area contributed by atoms with E-state index in [0.717, 1.165) is 0 Å². The molecule has 0 spiro atoms. The molecule has 0 aromatic heterocycles. The lowest BCUT2D eigenvalue weighted by atomic mass is 10.7. The molecular formula is C4H6O7. The minimum absolute atomic E-state index is 0.167. The van der Waals surface area contributed by atoms with Crippen LogP contribution in [0.1, 0.15) is 0 Å². The van der Waals surface area contributed by atoms with Gasteiger partial charge in [0.1, 0.15) is 0 Å². The standard InChI is InChI=1S/C2H4O4.C2H2O3/c3-1(4)2(5)6;3-1-2(4)5/h1,3-4H,(H,5,6);1H,(H,4,5). The van der Waals surface area contributed by atoms with Crippen LogP contribution in [0.2, 0.25) is 0 Å². The van der Waals surface area contributed by atoms with Crippen LogP contribution in [-0.2, 0) is 14.4 Å². The minimum Gasteiger partial charge on any atom is -0.477 e. The number of aliphatic carboxylic acids is 2. The second kappa shape index (κ2) is 6.65. The van der Waals surface area contributed by atoms with Gasteiger partial charge in [-0.25, -0.2) is 9.59 Å². The van der Waals surface area contributed by atoms with Crippen molar-refractivity contribution < 1.29 is 34.8 Å². The zero-order chi connectivity index (χ0) is 9.44. The smallest absolute Gasteiger partial charge is 0.368 e. The Labute approximate surface area is 60.5 Å². The minimum atomic E-state index is -2.23. The molecule has 0 amide bonds. The highest BCUT2D eigenvalue weighted by atomic mass is 16.5. The number of aliphatic hydroxyl groups is 2. The van der Waals surface area contributed by atoms with Crippen LogP contribution in [0.25, 0.3) is 0 Å². The second-order valence-corrected chi connectivity index (χ2v) is 1.17. The van der Waals surface area contributed by atoms with Crippen molar-refractivity contribution in [3.8, 4) is 0 Å². The first kappa shape index (κ1) is 12.2. The molecule has 0 atom stereocenters. The van der Waals surface area contributed by atoms with Crippen LogP contribution in [0.3, 0.4) is 0 Å². The van der Waals surface area contributed by atoms with E-state index in [1.165, 1.54) is 0 Å². The summed E-state index contributed by atoms with van der Waals surface area (Å²) in [5, 5.41) is 30.0. The summed E-state index contributed by atoms with van der Waals surface area (Å²) >= 11 is 0. The van der Waals surface area contributed by atoms with E-state index in [0.29, 0.717) is 0 Å². The van der Waals surface area contributed by atoms with Crippen molar-refractivity contribution in [2.75, 3.05) is 0 Å². The van der Waals surface area contributed by atoms with Crippen LogP contribution in [-0.4, -0.2) is 44.9 Å². The van der Waals surface area contributed by atoms with Gasteiger partial charge >= 0.3 is 11.9 Å². The second-order valence-electron chi connectivity index (χ2n) is 1.17. The number of rotatable bonds is 2. The molecule has 0 aliphatic rings. The maximum absolute atomic E-state index is 9.20. The third kappa shape index (κ3) is 17.7. The van der Waals surface area contributed by atoms with Gasteiger partial charge in [0.25, 0.3) is 6.29 Å². The Bertz CT molecular complexity index is 149. The van der Waals surface area contributed by atoms with E-state index in [-0.39, 0.29) is 6.29 Å². The van der Waals surface area contributed by atoms with E-state index < -0.39 is 18.2 Å². The zero-order valence-corrected chi connectivity index (χ0v) is 5.17. The van der Waals surface area contributed by atoms with Gasteiger partial charge < -0.3 is 20.4 Å². The van der Waals surface area contributed by atoms with Gasteiger partial charge in [-0.1, -0.05) is 0 Å². The fourth-order valence-electron chi connectivity index (χ4n) is 0. The number of carbonyl (C=O) groups is 3. The number of hydrogen-bond acceptors (Lipinski definition) is 5. The number of aliphatic hydroxyl groups excluding tert-OH is 1. The molecule has 0 saturated carbocycles. The third-order valence-corrected chi connectivity index (χ3v) is 0.322. The first-order chi connectivity index (χ1) is 4.91. The van der Waals surface area contributed by atoms with Gasteiger partial charge in [-0.05, 0) is 0 Å². The molecule has 0 fully saturated rings. The molecule has 0 unspecified atom stereocenters. The molecule has 11 heavy (non-hydrogen) atoms. The topological polar surface area (TPSA) is 132 Å². The van der Waals surface area contributed by atoms with Gasteiger partial charge in [0, 0.05) is 0 Å². The van der Waals surface area contributed by atoms with Gasteiger partial charge in [0.2, 0.25) is 6.29 Å². The highest BCUT2D eigenvalue weighted by Gasteiger charge is 2.04. The number of aldehydes is 1. The summed E-state index contributed by atoms with van der Waals surface area (Å²) in [5.74, 6) is -3.06. The summed E-state index contributed by atoms with van der Waals surface area (Å²) in [7, 11) is 0. The Morgan fingerprint density at radius 1 is 1.18 bits per heavy atom. The first-order valence-corrected chi connectivity index (χ1v) is 2.18. The zero-order valence-electron chi connectivity index (χ0n) is 5.17. The largest absolute Gasteiger partial charge is 0.477 e. The van der Waals surface area contributed by atoms with Crippen LogP contribution in [0.4, 0.5) is 0 Å². The first-order valence-electron chi connectivity index (χ1n) is 2.18. The van der Waals surface area contributed by atoms with Crippen molar-refractivity contribution in [3.63, 3.8) is 0 Å². The molecule has 0 bridgehead atoms. The Hall–Kier alpha value is -1.47. The van der Waals surface area contributed by atoms with Crippen LogP contribution in [0.5, 0.6) is 0 Å². The lowest BCUT2D eigenvalue weighted by Crippen LogP contribution is -2.17. The summed E-state index contributed by atoms with van der Waals surface area (Å²) in [6, 6.07) is 0. The van der Waals surface area contributed by atoms with E-state index in [9.17, 15) is 4.79 Å². The van der Waals surface area contributed by atoms with Gasteiger partial charge in [0.15, 0.2) is 0 Å². The van der Waals surface area contributed by atoms with E-state index in [4.69, 9.17) is 30.0 Å². The molecule has 0 saturated heterocycles. The molecule has 0 aliphatic carbocycles. The Morgan fingerprint density at radius 2 is 1.36 bits per heavy atom. The van der Waals surface area contributed by atoms with Gasteiger partial charge in [-0.3, -0.25) is 4.79 Å². The van der Waals surface area contributed by atoms with E-state index in [2.05, 4.69) is 0 Å². The van der Waals surface area contributed by atoms with E-state index in [1.54, 1.807) is 0 Å². The quantitative estimate of drug-likeness (QED) is 0.205. The fourth-order valence-corrected chi connectivity index (χ4v) is 0. The molecule has 0 aromatic carbocycles. The Morgan fingerprint density at radius 3 is 1.36 bits per heavy atom. The summed E-state index contributed by atoms with van der Waals surface area (Å²) < 4.78 is 0. The molecule has 0 radical (unpaired) electrons. The highest BCUT2D eigenvalue weighted by Crippen LogP contribution is 1.67. The van der Waals surface area contributed by atoms with Gasteiger partial charge in [-0.15, -0.1) is 0 Å². The molecular weight excluding hydrogens is 160 g/mol. The monoisotopic (exact) mass is 166 g/mol. The molecule has 64 valence electrons. The van der Waals surface area contributed by atoms with Crippen molar-refractivity contribution in [2.45, 2.75) is 6.29 Å². The maximum atomic E-state index is 9.20. The maximum Gasteiger partial charge on any atom is 0.368 e. The SMILES string of the molecule is O=C(O)C(O)O.O=CC(=O)O. The molecule has 0 aliphatic heterocycles. The molecule has 4 N–H and O–H groups in total. The lowest BCUT2D eigenvalue weighted by Gasteiger charge is -1.88. The highest BCUT2D eigenvalue weighted by molar-refractivity contribution is 6.19. The lowest BCUT2D eigenvalue weighted by molar-refractivity contribution is -0.165. The van der Waals surface area contributed by atoms with Gasteiger partial charge in [0.05, 0.1) is 0 Å². The van der Waals surface area contributed by atoms with Crippen molar-refractivity contribution in [1.82, 2.24) is 0 Å². The van der Waals surface area contributed by atoms with Crippen molar-refractivity contribution in [2.24, 2.45) is 0 Å². The fraction of sp³-hybridized carbons (Fsp3) is 0.250. The van der Waals surface area contributed by atoms with Crippen molar-refractivity contribution >= 4 is 18.2 Å². The third-order valence-electron chi connectivity index (χ3n) is 0.322. The Kier molecular flexibility index (Phi) is 7.39. The van der Waals surface area contributed by atoms with Crippen molar-refractivity contribution in [1.29, 1.82) is 0 Å². The summed E-state index contributed by atoms with van der Waals surface area (Å²) in [6.07, 6.45) is -2.40. The van der Waals surface area contributed by atoms with Crippen molar-refractivity contribution in [3.05, 3.63) is 0 Å². The number of carboxylic acid groups (broad SMARTS) is 2. The van der Waals surface area contributed by atoms with Crippen LogP contribution < -0.4 is 0 Å². The predicted molar refractivity (Wildman–Crippen MR) is 29.6 cm³/mol. The summed E-state index contributed by atoms with van der Waals surface area (Å²) in [4.78, 5) is 27.1. The Balaban J connectivity index is 0. The van der Waals surface area contributed by atoms with E-state index in [1.807, 2.05) is 0 Å². The van der Waals surface area contributed by atoms with Crippen LogP contribution >= 0.6 is 0 Å². The van der Waals surface area contributed by atoms with E-state index >= 15 is 0 Å². The average Bonchev–Trinajstić information content (AvgIpc) is 1.89. The molecule has 7 heteroatoms. The number of carbonyl (C=O) groups excluding carboxylic acids is 1. The summed E-state index contributed by atoms with van der Waals surface area (Å²) in [5.41, 5.74) is 0. The number of hydrogen-bond donors (Lipinski definition) is 4. The number of carboxylic acids is 2. The molecule has 0 aromatic rings.